The summed E-state index contributed by atoms with van der Waals surface area (Å²) in [5, 5.41) is 0.463. The lowest BCUT2D eigenvalue weighted by Crippen LogP contribution is -2.39. The molecule has 1 saturated carbocycles. The fraction of sp³-hybridized carbons (Fsp3) is 0.273. The second-order valence-electron chi connectivity index (χ2n) is 7.31. The molecule has 30 heavy (non-hydrogen) atoms. The SMILES string of the molecule is COCc1ccc(OC)c(C2(C(=O)NS(=O)(=O)c3cccc4ncccc34)CC2)c1. The highest BCUT2D eigenvalue weighted by molar-refractivity contribution is 7.90. The average molecular weight is 426 g/mol. The number of hydrogen-bond donors (Lipinski definition) is 1. The lowest BCUT2D eigenvalue weighted by molar-refractivity contribution is -0.121. The number of aromatic nitrogens is 1. The molecule has 0 saturated heterocycles. The molecule has 1 fully saturated rings. The minimum absolute atomic E-state index is 0.0253. The molecule has 0 radical (unpaired) electrons. The summed E-state index contributed by atoms with van der Waals surface area (Å²) < 4.78 is 39.1. The van der Waals surface area contributed by atoms with E-state index in [9.17, 15) is 13.2 Å². The predicted molar refractivity (Wildman–Crippen MR) is 112 cm³/mol. The van der Waals surface area contributed by atoms with Crippen molar-refractivity contribution in [3.05, 3.63) is 65.9 Å². The fourth-order valence-electron chi connectivity index (χ4n) is 3.71. The van der Waals surface area contributed by atoms with Gasteiger partial charge in [0.1, 0.15) is 5.75 Å². The summed E-state index contributed by atoms with van der Waals surface area (Å²) in [6.07, 6.45) is 2.67. The molecule has 3 aromatic rings. The van der Waals surface area contributed by atoms with Gasteiger partial charge in [-0.3, -0.25) is 9.78 Å². The van der Waals surface area contributed by atoms with E-state index in [0.717, 1.165) is 5.56 Å². The van der Waals surface area contributed by atoms with Crippen LogP contribution in [0.25, 0.3) is 10.9 Å². The number of amides is 1. The van der Waals surface area contributed by atoms with Gasteiger partial charge in [0.15, 0.2) is 0 Å². The molecule has 4 rings (SSSR count). The quantitative estimate of drug-likeness (QED) is 0.624. The first-order valence-electron chi connectivity index (χ1n) is 9.48. The molecule has 7 nitrogen and oxygen atoms in total. The first-order valence-corrected chi connectivity index (χ1v) is 11.0. The summed E-state index contributed by atoms with van der Waals surface area (Å²) in [7, 11) is -0.959. The van der Waals surface area contributed by atoms with Crippen LogP contribution >= 0.6 is 0 Å². The van der Waals surface area contributed by atoms with Gasteiger partial charge in [-0.25, -0.2) is 13.1 Å². The van der Waals surface area contributed by atoms with Gasteiger partial charge in [-0.05, 0) is 54.8 Å². The molecule has 0 atom stereocenters. The summed E-state index contributed by atoms with van der Waals surface area (Å²) in [5.41, 5.74) is 1.16. The van der Waals surface area contributed by atoms with Crippen LogP contribution in [-0.2, 0) is 31.6 Å². The van der Waals surface area contributed by atoms with Gasteiger partial charge in [-0.15, -0.1) is 0 Å². The average Bonchev–Trinajstić information content (AvgIpc) is 3.55. The minimum Gasteiger partial charge on any atom is -0.496 e. The Labute approximate surface area is 175 Å². The number of fused-ring (bicyclic) bond motifs is 1. The van der Waals surface area contributed by atoms with Crippen LogP contribution in [0, 0.1) is 0 Å². The summed E-state index contributed by atoms with van der Waals surface area (Å²) in [6, 6.07) is 13.6. The van der Waals surface area contributed by atoms with E-state index in [0.29, 0.717) is 41.7 Å². The van der Waals surface area contributed by atoms with Crippen molar-refractivity contribution in [2.45, 2.75) is 29.8 Å². The Balaban J connectivity index is 1.69. The van der Waals surface area contributed by atoms with E-state index in [1.165, 1.54) is 13.2 Å². The summed E-state index contributed by atoms with van der Waals surface area (Å²) in [5.74, 6) is -0.00878. The molecule has 1 aliphatic rings. The van der Waals surface area contributed by atoms with Gasteiger partial charge in [0.05, 0.1) is 29.5 Å². The van der Waals surface area contributed by atoms with Gasteiger partial charge >= 0.3 is 0 Å². The number of rotatable bonds is 7. The van der Waals surface area contributed by atoms with Crippen molar-refractivity contribution in [1.29, 1.82) is 0 Å². The number of ether oxygens (including phenoxy) is 2. The Kier molecular flexibility index (Phi) is 5.21. The molecule has 2 aromatic carbocycles. The third-order valence-corrected chi connectivity index (χ3v) is 6.79. The molecule has 1 heterocycles. The number of carbonyl (C=O) groups excluding carboxylic acids is 1. The Bertz CT molecular complexity index is 1210. The van der Waals surface area contributed by atoms with Crippen molar-refractivity contribution in [3.63, 3.8) is 0 Å². The van der Waals surface area contributed by atoms with E-state index in [4.69, 9.17) is 9.47 Å². The Morgan fingerprint density at radius 2 is 1.93 bits per heavy atom. The number of carbonyl (C=O) groups is 1. The second-order valence-corrected chi connectivity index (χ2v) is 8.96. The lowest BCUT2D eigenvalue weighted by atomic mass is 9.92. The number of benzene rings is 2. The van der Waals surface area contributed by atoms with Crippen LogP contribution in [-0.4, -0.2) is 33.5 Å². The van der Waals surface area contributed by atoms with Crippen LogP contribution < -0.4 is 9.46 Å². The Morgan fingerprint density at radius 3 is 2.63 bits per heavy atom. The van der Waals surface area contributed by atoms with Gasteiger partial charge in [0.2, 0.25) is 5.91 Å². The maximum absolute atomic E-state index is 13.2. The van der Waals surface area contributed by atoms with Crippen LogP contribution in [0.2, 0.25) is 0 Å². The number of sulfonamides is 1. The van der Waals surface area contributed by atoms with Crippen LogP contribution in [0.4, 0.5) is 0 Å². The number of nitrogens with one attached hydrogen (secondary N) is 1. The van der Waals surface area contributed by atoms with Crippen LogP contribution in [0.15, 0.2) is 59.6 Å². The van der Waals surface area contributed by atoms with Gasteiger partial charge in [0.25, 0.3) is 10.0 Å². The molecular weight excluding hydrogens is 404 g/mol. The maximum atomic E-state index is 13.2. The van der Waals surface area contributed by atoms with Crippen molar-refractivity contribution < 1.29 is 22.7 Å². The smallest absolute Gasteiger partial charge is 0.264 e. The zero-order chi connectivity index (χ0) is 21.4. The highest BCUT2D eigenvalue weighted by Gasteiger charge is 2.54. The molecule has 0 spiro atoms. The molecule has 0 bridgehead atoms. The second kappa shape index (κ2) is 7.70. The van der Waals surface area contributed by atoms with E-state index in [1.54, 1.807) is 43.6 Å². The van der Waals surface area contributed by atoms with Crippen molar-refractivity contribution in [1.82, 2.24) is 9.71 Å². The van der Waals surface area contributed by atoms with Gasteiger partial charge in [-0.2, -0.15) is 0 Å². The number of nitrogens with zero attached hydrogens (tertiary/aromatic N) is 1. The predicted octanol–water partition coefficient (Wildman–Crippen LogP) is 2.93. The van der Waals surface area contributed by atoms with Crippen LogP contribution in [0.5, 0.6) is 5.75 Å². The molecule has 0 unspecified atom stereocenters. The standard InChI is InChI=1S/C22H22N2O5S/c1-28-14-15-8-9-19(29-2)17(13-15)22(10-11-22)21(25)24-30(26,27)20-7-3-6-18-16(20)5-4-12-23-18/h3-9,12-13H,10-11,14H2,1-2H3,(H,24,25). The summed E-state index contributed by atoms with van der Waals surface area (Å²) >= 11 is 0. The first-order chi connectivity index (χ1) is 14.4. The maximum Gasteiger partial charge on any atom is 0.264 e. The highest BCUT2D eigenvalue weighted by Crippen LogP contribution is 2.52. The highest BCUT2D eigenvalue weighted by atomic mass is 32.2. The topological polar surface area (TPSA) is 94.6 Å². The third kappa shape index (κ3) is 3.53. The number of methoxy groups -OCH3 is 2. The Hall–Kier alpha value is -2.97. The molecule has 156 valence electrons. The first kappa shape index (κ1) is 20.3. The van der Waals surface area contributed by atoms with Crippen molar-refractivity contribution in [3.8, 4) is 5.75 Å². The van der Waals surface area contributed by atoms with E-state index < -0.39 is 21.3 Å². The van der Waals surface area contributed by atoms with E-state index in [2.05, 4.69) is 9.71 Å². The van der Waals surface area contributed by atoms with Gasteiger partial charge in [-0.1, -0.05) is 12.1 Å². The fourth-order valence-corrected chi connectivity index (χ4v) is 4.98. The molecule has 0 aliphatic heterocycles. The van der Waals surface area contributed by atoms with E-state index >= 15 is 0 Å². The zero-order valence-electron chi connectivity index (χ0n) is 16.7. The monoisotopic (exact) mass is 426 g/mol. The molecular formula is C22H22N2O5S. The third-order valence-electron chi connectivity index (χ3n) is 5.40. The van der Waals surface area contributed by atoms with Gasteiger partial charge in [0, 0.05) is 24.3 Å². The van der Waals surface area contributed by atoms with E-state index in [-0.39, 0.29) is 4.90 Å². The molecule has 8 heteroatoms. The van der Waals surface area contributed by atoms with Crippen molar-refractivity contribution in [2.24, 2.45) is 0 Å². The number of hydrogen-bond acceptors (Lipinski definition) is 6. The lowest BCUT2D eigenvalue weighted by Gasteiger charge is -2.20. The van der Waals surface area contributed by atoms with Gasteiger partial charge < -0.3 is 9.47 Å². The molecule has 1 aromatic heterocycles. The zero-order valence-corrected chi connectivity index (χ0v) is 17.5. The minimum atomic E-state index is -4.08. The Morgan fingerprint density at radius 1 is 1.13 bits per heavy atom. The number of pyridine rings is 1. The summed E-state index contributed by atoms with van der Waals surface area (Å²) in [4.78, 5) is 17.4. The largest absolute Gasteiger partial charge is 0.496 e. The molecule has 1 amide bonds. The van der Waals surface area contributed by atoms with Crippen molar-refractivity contribution in [2.75, 3.05) is 14.2 Å². The van der Waals surface area contributed by atoms with Crippen molar-refractivity contribution >= 4 is 26.8 Å². The van der Waals surface area contributed by atoms with E-state index in [1.807, 2.05) is 12.1 Å². The molecule has 1 aliphatic carbocycles. The molecule has 1 N–H and O–H groups in total. The van der Waals surface area contributed by atoms with Crippen LogP contribution in [0.3, 0.4) is 0 Å². The summed E-state index contributed by atoms with van der Waals surface area (Å²) in [6.45, 7) is 0.385. The normalized spacial score (nSPS) is 15.0. The van der Waals surface area contributed by atoms with Crippen LogP contribution in [0.1, 0.15) is 24.0 Å².